The Morgan fingerprint density at radius 3 is 2.56 bits per heavy atom. The lowest BCUT2D eigenvalue weighted by Gasteiger charge is -2.39. The number of imidazole rings is 1. The Morgan fingerprint density at radius 2 is 1.84 bits per heavy atom. The van der Waals surface area contributed by atoms with Crippen LogP contribution in [0.15, 0.2) is 48.8 Å². The van der Waals surface area contributed by atoms with E-state index in [2.05, 4.69) is 29.0 Å². The van der Waals surface area contributed by atoms with Crippen LogP contribution in [0, 0.1) is 6.92 Å². The minimum Gasteiger partial charge on any atom is -0.352 e. The molecule has 1 aliphatic rings. The molecule has 4 aromatic rings. The Labute approximate surface area is 197 Å². The smallest absolute Gasteiger partial charge is 0.155 e. The van der Waals surface area contributed by atoms with Crippen molar-refractivity contribution in [1.82, 2.24) is 24.9 Å². The van der Waals surface area contributed by atoms with Gasteiger partial charge in [0.15, 0.2) is 5.65 Å². The van der Waals surface area contributed by atoms with E-state index in [4.69, 9.17) is 33.3 Å². The highest BCUT2D eigenvalue weighted by atomic mass is 35.5. The van der Waals surface area contributed by atoms with E-state index in [-0.39, 0.29) is 5.54 Å². The van der Waals surface area contributed by atoms with Gasteiger partial charge in [0.25, 0.3) is 0 Å². The first-order valence-corrected chi connectivity index (χ1v) is 11.3. The van der Waals surface area contributed by atoms with Crippen LogP contribution in [-0.4, -0.2) is 44.8 Å². The Hall–Kier alpha value is -2.67. The number of pyridine rings is 1. The normalized spacial score (nSPS) is 16.0. The maximum Gasteiger partial charge on any atom is 0.155 e. The van der Waals surface area contributed by atoms with Crippen LogP contribution >= 0.6 is 23.2 Å². The largest absolute Gasteiger partial charge is 0.352 e. The summed E-state index contributed by atoms with van der Waals surface area (Å²) in [5, 5.41) is 9.73. The van der Waals surface area contributed by atoms with Gasteiger partial charge < -0.3 is 10.2 Å². The number of aryl methyl sites for hydroxylation is 1. The maximum atomic E-state index is 6.32. The molecule has 3 aromatic heterocycles. The van der Waals surface area contributed by atoms with Gasteiger partial charge in [-0.3, -0.25) is 4.98 Å². The number of aromatic nitrogens is 4. The van der Waals surface area contributed by atoms with Gasteiger partial charge in [-0.25, -0.2) is 9.50 Å². The van der Waals surface area contributed by atoms with Gasteiger partial charge >= 0.3 is 0 Å². The highest BCUT2D eigenvalue weighted by molar-refractivity contribution is 6.35. The van der Waals surface area contributed by atoms with Crippen molar-refractivity contribution in [2.75, 3.05) is 24.5 Å². The molecule has 0 unspecified atom stereocenters. The third-order valence-corrected chi connectivity index (χ3v) is 6.21. The average Bonchev–Trinajstić information content (AvgIpc) is 3.11. The molecule has 6 nitrogen and oxygen atoms in total. The monoisotopic (exact) mass is 466 g/mol. The van der Waals surface area contributed by atoms with E-state index >= 15 is 0 Å². The van der Waals surface area contributed by atoms with Crippen LogP contribution in [-0.2, 0) is 0 Å². The minimum atomic E-state index is 0.0248. The number of fused-ring (bicyclic) bond motifs is 1. The molecular formula is C24H24Cl2N6. The summed E-state index contributed by atoms with van der Waals surface area (Å²) in [6.45, 7) is 9.15. The molecule has 1 N–H and O–H groups in total. The van der Waals surface area contributed by atoms with Crippen LogP contribution in [0.2, 0.25) is 10.0 Å². The molecule has 0 radical (unpaired) electrons. The van der Waals surface area contributed by atoms with Crippen LogP contribution in [0.3, 0.4) is 0 Å². The second-order valence-electron chi connectivity index (χ2n) is 8.85. The van der Waals surface area contributed by atoms with Gasteiger partial charge in [-0.2, -0.15) is 0 Å². The molecule has 4 heterocycles. The molecule has 1 aliphatic heterocycles. The van der Waals surface area contributed by atoms with Gasteiger partial charge in [-0.15, -0.1) is 5.10 Å². The molecule has 1 aromatic carbocycles. The number of anilines is 1. The van der Waals surface area contributed by atoms with E-state index in [1.165, 1.54) is 0 Å². The quantitative estimate of drug-likeness (QED) is 0.446. The molecule has 0 atom stereocenters. The molecule has 1 saturated heterocycles. The topological polar surface area (TPSA) is 58.4 Å². The van der Waals surface area contributed by atoms with Crippen LogP contribution in [0.25, 0.3) is 28.2 Å². The summed E-state index contributed by atoms with van der Waals surface area (Å²) in [6.07, 6.45) is 3.64. The summed E-state index contributed by atoms with van der Waals surface area (Å²) in [7, 11) is 0. The third-order valence-electron chi connectivity index (χ3n) is 5.77. The van der Waals surface area contributed by atoms with Gasteiger partial charge in [-0.05, 0) is 62.7 Å². The first-order valence-electron chi connectivity index (χ1n) is 10.6. The summed E-state index contributed by atoms with van der Waals surface area (Å²) in [4.78, 5) is 11.5. The molecular weight excluding hydrogens is 443 g/mol. The van der Waals surface area contributed by atoms with Crippen LogP contribution < -0.4 is 10.2 Å². The van der Waals surface area contributed by atoms with Crippen LogP contribution in [0.4, 0.5) is 5.82 Å². The second kappa shape index (κ2) is 8.03. The van der Waals surface area contributed by atoms with Gasteiger partial charge in [-0.1, -0.05) is 23.2 Å². The lowest BCUT2D eigenvalue weighted by Crippen LogP contribution is -2.57. The lowest BCUT2D eigenvalue weighted by molar-refractivity contribution is 0.351. The Morgan fingerprint density at radius 1 is 1.06 bits per heavy atom. The van der Waals surface area contributed by atoms with Crippen molar-refractivity contribution in [2.45, 2.75) is 26.3 Å². The van der Waals surface area contributed by atoms with E-state index in [1.54, 1.807) is 12.3 Å². The summed E-state index contributed by atoms with van der Waals surface area (Å²) < 4.78 is 1.93. The highest BCUT2D eigenvalue weighted by Crippen LogP contribution is 2.36. The van der Waals surface area contributed by atoms with Crippen molar-refractivity contribution in [2.24, 2.45) is 0 Å². The van der Waals surface area contributed by atoms with Crippen LogP contribution in [0.5, 0.6) is 0 Å². The van der Waals surface area contributed by atoms with Crippen molar-refractivity contribution >= 4 is 34.7 Å². The number of nitrogens with zero attached hydrogens (tertiary/aromatic N) is 5. The van der Waals surface area contributed by atoms with Gasteiger partial charge in [0.1, 0.15) is 11.5 Å². The number of rotatable bonds is 3. The highest BCUT2D eigenvalue weighted by Gasteiger charge is 2.27. The van der Waals surface area contributed by atoms with Gasteiger partial charge in [0.2, 0.25) is 0 Å². The second-order valence-corrected chi connectivity index (χ2v) is 9.72. The predicted octanol–water partition coefficient (Wildman–Crippen LogP) is 5.26. The molecule has 0 aliphatic carbocycles. The van der Waals surface area contributed by atoms with Crippen molar-refractivity contribution in [3.05, 3.63) is 64.4 Å². The van der Waals surface area contributed by atoms with Crippen molar-refractivity contribution in [3.8, 4) is 22.5 Å². The van der Waals surface area contributed by atoms with E-state index < -0.39 is 0 Å². The zero-order valence-corrected chi connectivity index (χ0v) is 19.7. The first-order chi connectivity index (χ1) is 15.3. The van der Waals surface area contributed by atoms with E-state index in [0.29, 0.717) is 10.0 Å². The molecule has 164 valence electrons. The fourth-order valence-corrected chi connectivity index (χ4v) is 4.83. The Bertz CT molecular complexity index is 1290. The molecule has 0 amide bonds. The SMILES string of the molecule is Cc1cnccc1-c1c(-c2cc(Cl)cc(Cl)c2)nc2ccc(N3CCNC(C)(C)C3)nn12. The summed E-state index contributed by atoms with van der Waals surface area (Å²) in [5.41, 5.74) is 5.38. The fraction of sp³-hybridized carbons (Fsp3) is 0.292. The molecule has 32 heavy (non-hydrogen) atoms. The number of hydrogen-bond donors (Lipinski definition) is 1. The maximum absolute atomic E-state index is 6.32. The molecule has 0 bridgehead atoms. The predicted molar refractivity (Wildman–Crippen MR) is 131 cm³/mol. The van der Waals surface area contributed by atoms with Crippen molar-refractivity contribution in [3.63, 3.8) is 0 Å². The van der Waals surface area contributed by atoms with Crippen LogP contribution in [0.1, 0.15) is 19.4 Å². The van der Waals surface area contributed by atoms with E-state index in [0.717, 1.165) is 59.2 Å². The third kappa shape index (κ3) is 3.94. The molecule has 0 spiro atoms. The standard InChI is InChI=1S/C24H24Cl2N6/c1-15-13-27-7-6-19(15)23-22(16-10-17(25)12-18(26)11-16)29-20-4-5-21(30-32(20)23)31-9-8-28-24(2,3)14-31/h4-7,10-13,28H,8-9,14H2,1-3H3. The molecule has 0 saturated carbocycles. The number of benzene rings is 1. The summed E-state index contributed by atoms with van der Waals surface area (Å²) >= 11 is 12.6. The molecule has 8 heteroatoms. The van der Waals surface area contributed by atoms with E-state index in [1.807, 2.05) is 48.0 Å². The molecule has 5 rings (SSSR count). The van der Waals surface area contributed by atoms with Gasteiger partial charge in [0, 0.05) is 58.7 Å². The zero-order valence-electron chi connectivity index (χ0n) is 18.2. The van der Waals surface area contributed by atoms with Gasteiger partial charge in [0.05, 0.1) is 5.69 Å². The number of piperazine rings is 1. The minimum absolute atomic E-state index is 0.0248. The summed E-state index contributed by atoms with van der Waals surface area (Å²) in [5.74, 6) is 0.924. The zero-order chi connectivity index (χ0) is 22.5. The lowest BCUT2D eigenvalue weighted by atomic mass is 10.0. The Kier molecular flexibility index (Phi) is 5.32. The van der Waals surface area contributed by atoms with Crippen molar-refractivity contribution < 1.29 is 0 Å². The number of halogens is 2. The Balaban J connectivity index is 1.74. The fourth-order valence-electron chi connectivity index (χ4n) is 4.30. The van der Waals surface area contributed by atoms with E-state index in [9.17, 15) is 0 Å². The number of hydrogen-bond acceptors (Lipinski definition) is 5. The number of nitrogens with one attached hydrogen (secondary N) is 1. The average molecular weight is 467 g/mol. The van der Waals surface area contributed by atoms with Crippen molar-refractivity contribution in [1.29, 1.82) is 0 Å². The first kappa shape index (κ1) is 21.2. The molecule has 1 fully saturated rings. The summed E-state index contributed by atoms with van der Waals surface area (Å²) in [6, 6.07) is 11.6.